The Labute approximate surface area is 188 Å². The van der Waals surface area contributed by atoms with Gasteiger partial charge in [0.15, 0.2) is 5.60 Å². The molecule has 4 rings (SSSR count). The first-order valence-corrected chi connectivity index (χ1v) is 10.9. The van der Waals surface area contributed by atoms with Crippen molar-refractivity contribution in [2.75, 3.05) is 0 Å². The third-order valence-corrected chi connectivity index (χ3v) is 6.01. The molecule has 1 heterocycles. The lowest BCUT2D eigenvalue weighted by atomic mass is 9.80. The summed E-state index contributed by atoms with van der Waals surface area (Å²) in [5.41, 5.74) is 3.38. The van der Waals surface area contributed by atoms with E-state index in [1.54, 1.807) is 0 Å². The summed E-state index contributed by atoms with van der Waals surface area (Å²) in [7, 11) is 0. The third-order valence-electron chi connectivity index (χ3n) is 6.01. The highest BCUT2D eigenvalue weighted by Gasteiger charge is 2.45. The van der Waals surface area contributed by atoms with Gasteiger partial charge in [-0.2, -0.15) is 0 Å². The van der Waals surface area contributed by atoms with Crippen LogP contribution in [0.2, 0.25) is 0 Å². The summed E-state index contributed by atoms with van der Waals surface area (Å²) in [5.74, 6) is -0.867. The van der Waals surface area contributed by atoms with Crippen LogP contribution in [0.4, 0.5) is 0 Å². The minimum Gasteiger partial charge on any atom is -0.479 e. The van der Waals surface area contributed by atoms with Crippen LogP contribution in [-0.4, -0.2) is 27.0 Å². The number of rotatable bonds is 9. The normalized spacial score (nSPS) is 14.9. The molecular formula is C27H27NO4. The number of hydrogen-bond acceptors (Lipinski definition) is 3. The molecule has 0 aliphatic heterocycles. The van der Waals surface area contributed by atoms with Crippen LogP contribution in [0.1, 0.15) is 52.0 Å². The van der Waals surface area contributed by atoms with E-state index in [1.165, 1.54) is 0 Å². The van der Waals surface area contributed by atoms with Crippen LogP contribution in [0.5, 0.6) is 0 Å². The number of carboxylic acids is 1. The smallest absolute Gasteiger partial charge is 0.335 e. The van der Waals surface area contributed by atoms with E-state index in [-0.39, 0.29) is 12.4 Å². The molecule has 0 radical (unpaired) electrons. The van der Waals surface area contributed by atoms with Crippen LogP contribution < -0.4 is 0 Å². The highest BCUT2D eigenvalue weighted by atomic mass is 16.5. The Kier molecular flexibility index (Phi) is 6.37. The van der Waals surface area contributed by atoms with Gasteiger partial charge in [-0.15, -0.1) is 0 Å². The van der Waals surface area contributed by atoms with E-state index in [4.69, 9.17) is 4.74 Å². The fraction of sp³-hybridized carbons (Fsp3) is 0.259. The number of carbonyl (C=O) groups is 2. The fourth-order valence-corrected chi connectivity index (χ4v) is 3.86. The summed E-state index contributed by atoms with van der Waals surface area (Å²) in [6.07, 6.45) is 7.95. The van der Waals surface area contributed by atoms with Gasteiger partial charge in [-0.05, 0) is 55.5 Å². The van der Waals surface area contributed by atoms with Gasteiger partial charge in [0.2, 0.25) is 5.78 Å². The molecular weight excluding hydrogens is 402 g/mol. The first-order chi connectivity index (χ1) is 15.5. The average Bonchev–Trinajstić information content (AvgIpc) is 3.21. The van der Waals surface area contributed by atoms with Crippen LogP contribution in [0.25, 0.3) is 6.08 Å². The first kappa shape index (κ1) is 21.8. The van der Waals surface area contributed by atoms with Gasteiger partial charge in [0.1, 0.15) is 0 Å². The van der Waals surface area contributed by atoms with Crippen molar-refractivity contribution in [1.82, 2.24) is 4.57 Å². The molecule has 1 aliphatic carbocycles. The number of nitrogens with zero attached hydrogens (tertiary/aromatic N) is 1. The molecule has 5 heteroatoms. The van der Waals surface area contributed by atoms with Crippen LogP contribution in [0, 0.1) is 6.92 Å². The van der Waals surface area contributed by atoms with Gasteiger partial charge in [-0.25, -0.2) is 4.79 Å². The van der Waals surface area contributed by atoms with E-state index in [0.717, 1.165) is 23.1 Å². The van der Waals surface area contributed by atoms with Crippen molar-refractivity contribution in [3.63, 3.8) is 0 Å². The number of aliphatic carboxylic acids is 1. The van der Waals surface area contributed by atoms with E-state index in [2.05, 4.69) is 0 Å². The number of carbonyl (C=O) groups excluding carboxylic acids is 1. The summed E-state index contributed by atoms with van der Waals surface area (Å²) in [5, 5.41) is 9.41. The number of benzene rings is 2. The maximum absolute atomic E-state index is 12.8. The molecule has 3 aromatic rings. The molecule has 1 N–H and O–H groups in total. The average molecular weight is 430 g/mol. The third kappa shape index (κ3) is 4.73. The second-order valence-corrected chi connectivity index (χ2v) is 8.33. The molecule has 1 aromatic heterocycles. The zero-order valence-corrected chi connectivity index (χ0v) is 18.2. The Bertz CT molecular complexity index is 1140. The van der Waals surface area contributed by atoms with E-state index >= 15 is 0 Å². The predicted molar refractivity (Wildman–Crippen MR) is 124 cm³/mol. The summed E-state index contributed by atoms with van der Waals surface area (Å²) < 4.78 is 7.69. The molecule has 1 aliphatic rings. The van der Waals surface area contributed by atoms with Gasteiger partial charge >= 0.3 is 5.97 Å². The molecule has 0 unspecified atom stereocenters. The lowest BCUT2D eigenvalue weighted by molar-refractivity contribution is -0.181. The van der Waals surface area contributed by atoms with Crippen molar-refractivity contribution in [2.24, 2.45) is 0 Å². The Balaban J connectivity index is 1.39. The highest BCUT2D eigenvalue weighted by molar-refractivity contribution is 6.08. The van der Waals surface area contributed by atoms with Crippen molar-refractivity contribution >= 4 is 17.8 Å². The summed E-state index contributed by atoms with van der Waals surface area (Å²) >= 11 is 0. The molecule has 164 valence electrons. The topological polar surface area (TPSA) is 68.5 Å². The number of ketones is 1. The second-order valence-electron chi connectivity index (χ2n) is 8.33. The molecule has 5 nitrogen and oxygen atoms in total. The number of ether oxygens (including phenoxy) is 1. The molecule has 32 heavy (non-hydrogen) atoms. The molecule has 0 bridgehead atoms. The number of aromatic nitrogens is 1. The summed E-state index contributed by atoms with van der Waals surface area (Å²) in [4.78, 5) is 24.3. The monoisotopic (exact) mass is 429 g/mol. The summed E-state index contributed by atoms with van der Waals surface area (Å²) in [6.45, 7) is 2.85. The molecule has 0 amide bonds. The van der Waals surface area contributed by atoms with Gasteiger partial charge in [0.05, 0.1) is 12.3 Å². The Morgan fingerprint density at radius 3 is 2.56 bits per heavy atom. The van der Waals surface area contributed by atoms with Crippen molar-refractivity contribution in [1.29, 1.82) is 0 Å². The minimum atomic E-state index is -1.01. The maximum Gasteiger partial charge on any atom is 0.335 e. The van der Waals surface area contributed by atoms with Gasteiger partial charge in [0.25, 0.3) is 0 Å². The van der Waals surface area contributed by atoms with Crippen molar-refractivity contribution in [3.8, 4) is 0 Å². The zero-order chi connectivity index (χ0) is 22.6. The summed E-state index contributed by atoms with van der Waals surface area (Å²) in [6, 6.07) is 19.2. The van der Waals surface area contributed by atoms with E-state index in [0.29, 0.717) is 30.6 Å². The van der Waals surface area contributed by atoms with E-state index in [1.807, 2.05) is 90.5 Å². The standard InChI is InChI=1S/C27H27NO4/c1-20-10-12-23(13-11-20)25(29)24-9-4-17-28(24)16-3-8-21-6-2-7-22(18-21)19-32-27(26(30)31)14-5-15-27/h2-4,6-13,17-18H,5,14-16,19H2,1H3,(H,30,31). The van der Waals surface area contributed by atoms with Gasteiger partial charge < -0.3 is 14.4 Å². The molecule has 1 fully saturated rings. The molecule has 0 saturated heterocycles. The van der Waals surface area contributed by atoms with Crippen LogP contribution in [0.3, 0.4) is 0 Å². The lowest BCUT2D eigenvalue weighted by Crippen LogP contribution is -2.47. The van der Waals surface area contributed by atoms with E-state index in [9.17, 15) is 14.7 Å². The van der Waals surface area contributed by atoms with Gasteiger partial charge in [-0.3, -0.25) is 4.79 Å². The van der Waals surface area contributed by atoms with Gasteiger partial charge in [-0.1, -0.05) is 60.2 Å². The number of carboxylic acid groups (broad SMARTS) is 1. The predicted octanol–water partition coefficient (Wildman–Crippen LogP) is 5.26. The molecule has 0 spiro atoms. The van der Waals surface area contributed by atoms with Crippen molar-refractivity contribution in [2.45, 2.75) is 44.9 Å². The van der Waals surface area contributed by atoms with Crippen LogP contribution in [0.15, 0.2) is 72.9 Å². The first-order valence-electron chi connectivity index (χ1n) is 10.9. The number of aryl methyl sites for hydroxylation is 1. The fourth-order valence-electron chi connectivity index (χ4n) is 3.86. The number of allylic oxidation sites excluding steroid dienone is 1. The molecule has 2 aromatic carbocycles. The Hall–Kier alpha value is -3.44. The zero-order valence-electron chi connectivity index (χ0n) is 18.2. The Morgan fingerprint density at radius 1 is 1.09 bits per heavy atom. The SMILES string of the molecule is Cc1ccc(C(=O)c2cccn2CC=Cc2cccc(COC3(C(=O)O)CCC3)c2)cc1. The Morgan fingerprint density at radius 2 is 1.88 bits per heavy atom. The molecule has 1 saturated carbocycles. The lowest BCUT2D eigenvalue weighted by Gasteiger charge is -2.37. The van der Waals surface area contributed by atoms with Crippen molar-refractivity contribution < 1.29 is 19.4 Å². The largest absolute Gasteiger partial charge is 0.479 e. The van der Waals surface area contributed by atoms with E-state index < -0.39 is 11.6 Å². The van der Waals surface area contributed by atoms with Crippen molar-refractivity contribution in [3.05, 3.63) is 101 Å². The van der Waals surface area contributed by atoms with Crippen LogP contribution >= 0.6 is 0 Å². The highest BCUT2D eigenvalue weighted by Crippen LogP contribution is 2.36. The second kappa shape index (κ2) is 9.37. The maximum atomic E-state index is 12.8. The quantitative estimate of drug-likeness (QED) is 0.471. The molecule has 0 atom stereocenters. The minimum absolute atomic E-state index is 0.00546. The van der Waals surface area contributed by atoms with Gasteiger partial charge in [0, 0.05) is 18.3 Å². The van der Waals surface area contributed by atoms with Crippen LogP contribution in [-0.2, 0) is 22.7 Å². The number of hydrogen-bond donors (Lipinski definition) is 1.